The van der Waals surface area contributed by atoms with Crippen LogP contribution in [0.1, 0.15) is 6.92 Å². The number of allylic oxidation sites excluding steroid dienone is 1. The van der Waals surface area contributed by atoms with E-state index in [1.165, 1.54) is 0 Å². The quantitative estimate of drug-likeness (QED) is 0.285. The van der Waals surface area contributed by atoms with Crippen molar-refractivity contribution in [2.75, 3.05) is 7.05 Å². The van der Waals surface area contributed by atoms with Crippen LogP contribution in [0.4, 0.5) is 0 Å². The SMILES string of the molecule is CC(=C=C1NN(C)S(c2ccc(O)cc2)=C1Br)C=O. The van der Waals surface area contributed by atoms with E-state index < -0.39 is 0 Å². The van der Waals surface area contributed by atoms with E-state index in [0.717, 1.165) is 20.7 Å². The molecule has 1 aliphatic heterocycles. The van der Waals surface area contributed by atoms with Crippen LogP contribution in [0.25, 0.3) is 0 Å². The Kier molecular flexibility index (Phi) is 4.27. The number of hydrogen-bond donors (Lipinski definition) is 2. The summed E-state index contributed by atoms with van der Waals surface area (Å²) in [6.07, 6.45) is 0.770. The van der Waals surface area contributed by atoms with Crippen LogP contribution in [-0.4, -0.2) is 26.6 Å². The Morgan fingerprint density at radius 1 is 1.47 bits per heavy atom. The maximum absolute atomic E-state index is 10.7. The van der Waals surface area contributed by atoms with E-state index in [-0.39, 0.29) is 16.4 Å². The minimum atomic E-state index is -0.321. The molecule has 100 valence electrons. The Morgan fingerprint density at radius 2 is 2.11 bits per heavy atom. The highest BCUT2D eigenvalue weighted by Gasteiger charge is 2.22. The molecular weight excluding hydrogens is 328 g/mol. The van der Waals surface area contributed by atoms with Gasteiger partial charge in [0.15, 0.2) is 6.29 Å². The number of hydrazine groups is 1. The van der Waals surface area contributed by atoms with Crippen LogP contribution in [0.5, 0.6) is 5.75 Å². The standard InChI is InChI=1S/C13H13BrN2O2S/c1-9(8-17)7-12-13(14)19(16(2)15-12)11-5-3-10(18)4-6-11/h3-6,8,15,18H,1-2H3. The van der Waals surface area contributed by atoms with Gasteiger partial charge in [-0.05, 0) is 57.8 Å². The molecule has 0 spiro atoms. The number of phenols is 1. The van der Waals surface area contributed by atoms with Crippen LogP contribution >= 0.6 is 26.6 Å². The van der Waals surface area contributed by atoms with Gasteiger partial charge in [0, 0.05) is 17.5 Å². The summed E-state index contributed by atoms with van der Waals surface area (Å²) in [4.78, 5) is 11.7. The summed E-state index contributed by atoms with van der Waals surface area (Å²) in [5.41, 5.74) is 7.45. The van der Waals surface area contributed by atoms with Crippen LogP contribution in [0, 0.1) is 0 Å². The number of carbonyl (C=O) groups excluding carboxylic acids is 1. The fourth-order valence-electron chi connectivity index (χ4n) is 1.60. The Labute approximate surface area is 122 Å². The lowest BCUT2D eigenvalue weighted by Gasteiger charge is -2.15. The molecule has 6 heteroatoms. The second kappa shape index (κ2) is 5.75. The Bertz CT molecular complexity index is 616. The average molecular weight is 341 g/mol. The summed E-state index contributed by atoms with van der Waals surface area (Å²) in [6.45, 7) is 1.71. The second-order valence-electron chi connectivity index (χ2n) is 3.96. The van der Waals surface area contributed by atoms with Crippen LogP contribution in [0.15, 0.2) is 46.2 Å². The normalized spacial score (nSPS) is 19.0. The third kappa shape index (κ3) is 2.98. The first kappa shape index (κ1) is 14.1. The third-order valence-corrected chi connectivity index (χ3v) is 5.69. The molecule has 0 saturated carbocycles. The zero-order valence-electron chi connectivity index (χ0n) is 10.5. The first-order valence-electron chi connectivity index (χ1n) is 5.52. The van der Waals surface area contributed by atoms with Gasteiger partial charge in [0.05, 0.1) is 3.77 Å². The molecule has 1 aromatic carbocycles. The summed E-state index contributed by atoms with van der Waals surface area (Å²) in [5.74, 6) is 0.241. The average Bonchev–Trinajstić information content (AvgIpc) is 2.66. The number of nitrogens with one attached hydrogen (secondary N) is 1. The topological polar surface area (TPSA) is 52.6 Å². The minimum absolute atomic E-state index is 0.241. The van der Waals surface area contributed by atoms with Crippen molar-refractivity contribution >= 4 is 36.7 Å². The van der Waals surface area contributed by atoms with Gasteiger partial charge in [-0.1, -0.05) is 5.73 Å². The molecule has 1 atom stereocenters. The predicted molar refractivity (Wildman–Crippen MR) is 81.1 cm³/mol. The van der Waals surface area contributed by atoms with Crippen LogP contribution < -0.4 is 5.43 Å². The summed E-state index contributed by atoms with van der Waals surface area (Å²) in [6, 6.07) is 7.06. The van der Waals surface area contributed by atoms with Crippen molar-refractivity contribution in [2.24, 2.45) is 0 Å². The first-order valence-corrected chi connectivity index (χ1v) is 7.49. The molecule has 1 aliphatic rings. The molecular formula is C13H13BrN2O2S. The molecule has 1 unspecified atom stereocenters. The maximum Gasteiger partial charge on any atom is 0.153 e. The number of rotatable bonds is 2. The van der Waals surface area contributed by atoms with Gasteiger partial charge >= 0.3 is 0 Å². The molecule has 4 nitrogen and oxygen atoms in total. The van der Waals surface area contributed by atoms with E-state index >= 15 is 0 Å². The summed E-state index contributed by atoms with van der Waals surface area (Å²) in [7, 11) is 1.60. The number of aromatic hydroxyl groups is 1. The number of aldehydes is 1. The van der Waals surface area contributed by atoms with Gasteiger partial charge in [-0.15, -0.1) is 0 Å². The number of halogens is 1. The number of benzene rings is 1. The fourth-order valence-corrected chi connectivity index (χ4v) is 4.63. The Balaban J connectivity index is 2.53. The molecule has 0 bridgehead atoms. The van der Waals surface area contributed by atoms with Gasteiger partial charge in [-0.2, -0.15) is 4.41 Å². The highest BCUT2D eigenvalue weighted by atomic mass is 79.9. The Hall–Kier alpha value is -1.33. The van der Waals surface area contributed by atoms with E-state index in [4.69, 9.17) is 0 Å². The molecule has 19 heavy (non-hydrogen) atoms. The van der Waals surface area contributed by atoms with E-state index in [9.17, 15) is 9.90 Å². The second-order valence-corrected chi connectivity index (χ2v) is 7.28. The fraction of sp³-hybridized carbons (Fsp3) is 0.154. The molecule has 1 heterocycles. The van der Waals surface area contributed by atoms with Crippen molar-refractivity contribution < 1.29 is 9.90 Å². The van der Waals surface area contributed by atoms with Crippen LogP contribution in [0.2, 0.25) is 0 Å². The lowest BCUT2D eigenvalue weighted by molar-refractivity contribution is -0.104. The monoisotopic (exact) mass is 340 g/mol. The van der Waals surface area contributed by atoms with Crippen molar-refractivity contribution in [1.29, 1.82) is 0 Å². The summed E-state index contributed by atoms with van der Waals surface area (Å²) < 4.78 is 2.87. The van der Waals surface area contributed by atoms with Gasteiger partial charge in [-0.3, -0.25) is 4.79 Å². The number of hydrogen-bond acceptors (Lipinski definition) is 4. The van der Waals surface area contributed by atoms with E-state index in [0.29, 0.717) is 5.57 Å². The van der Waals surface area contributed by atoms with E-state index in [2.05, 4.69) is 27.1 Å². The number of nitrogens with zero attached hydrogens (tertiary/aromatic N) is 1. The third-order valence-electron chi connectivity index (χ3n) is 2.47. The van der Waals surface area contributed by atoms with Gasteiger partial charge in [0.25, 0.3) is 0 Å². The first-order chi connectivity index (χ1) is 9.02. The van der Waals surface area contributed by atoms with Crippen LogP contribution in [0.3, 0.4) is 0 Å². The van der Waals surface area contributed by atoms with Crippen molar-refractivity contribution in [3.8, 4) is 5.75 Å². The van der Waals surface area contributed by atoms with Crippen molar-refractivity contribution in [3.05, 3.63) is 41.3 Å². The van der Waals surface area contributed by atoms with Crippen molar-refractivity contribution in [1.82, 2.24) is 9.84 Å². The lowest BCUT2D eigenvalue weighted by atomic mass is 10.3. The molecule has 0 fully saturated rings. The van der Waals surface area contributed by atoms with Gasteiger partial charge in [-0.25, -0.2) is 0 Å². The Morgan fingerprint density at radius 3 is 2.68 bits per heavy atom. The van der Waals surface area contributed by atoms with Crippen molar-refractivity contribution in [3.63, 3.8) is 0 Å². The largest absolute Gasteiger partial charge is 0.508 e. The molecule has 0 radical (unpaired) electrons. The molecule has 2 rings (SSSR count). The predicted octanol–water partition coefficient (Wildman–Crippen LogP) is 2.54. The summed E-state index contributed by atoms with van der Waals surface area (Å²) in [5, 5.41) is 9.33. The molecule has 1 aromatic rings. The minimum Gasteiger partial charge on any atom is -0.508 e. The molecule has 0 aliphatic carbocycles. The summed E-state index contributed by atoms with van der Waals surface area (Å²) >= 11 is 3.56. The lowest BCUT2D eigenvalue weighted by Crippen LogP contribution is -2.23. The van der Waals surface area contributed by atoms with E-state index in [1.54, 1.807) is 19.1 Å². The van der Waals surface area contributed by atoms with Gasteiger partial charge in [0.2, 0.25) is 0 Å². The highest BCUT2D eigenvalue weighted by molar-refractivity contribution is 9.20. The molecule has 0 aromatic heterocycles. The molecule has 0 saturated heterocycles. The highest BCUT2D eigenvalue weighted by Crippen LogP contribution is 2.38. The zero-order valence-corrected chi connectivity index (χ0v) is 12.9. The maximum atomic E-state index is 10.7. The van der Waals surface area contributed by atoms with Gasteiger partial charge in [0.1, 0.15) is 11.4 Å². The molecule has 2 N–H and O–H groups in total. The number of phenolic OH excluding ortho intramolecular Hbond substituents is 1. The van der Waals surface area contributed by atoms with E-state index in [1.807, 2.05) is 23.6 Å². The van der Waals surface area contributed by atoms with Gasteiger partial charge < -0.3 is 10.5 Å². The molecule has 0 amide bonds. The zero-order chi connectivity index (χ0) is 14.0. The smallest absolute Gasteiger partial charge is 0.153 e. The van der Waals surface area contributed by atoms with Crippen LogP contribution in [-0.2, 0) is 4.79 Å². The van der Waals surface area contributed by atoms with Crippen molar-refractivity contribution in [2.45, 2.75) is 11.8 Å². The number of carbonyl (C=O) groups is 1.